The van der Waals surface area contributed by atoms with Crippen LogP contribution in [0.5, 0.6) is 17.2 Å². The van der Waals surface area contributed by atoms with Gasteiger partial charge in [0.05, 0.1) is 11.6 Å². The van der Waals surface area contributed by atoms with Gasteiger partial charge >= 0.3 is 0 Å². The topological polar surface area (TPSA) is 71.8 Å². The molecular weight excluding hydrogens is 332 g/mol. The Balaban J connectivity index is 1.64. The fourth-order valence-electron chi connectivity index (χ4n) is 2.72. The molecule has 0 fully saturated rings. The molecule has 2 aromatic rings. The van der Waals surface area contributed by atoms with Crippen LogP contribution in [-0.2, 0) is 11.3 Å². The quantitative estimate of drug-likeness (QED) is 0.799. The SMILES string of the molecule is CCN(Cc1ccc2c(c1)OCO2)C(=O)C(C)Oc1ccc(C#N)cc1. The second-order valence-corrected chi connectivity index (χ2v) is 5.94. The monoisotopic (exact) mass is 352 g/mol. The lowest BCUT2D eigenvalue weighted by atomic mass is 10.1. The van der Waals surface area contributed by atoms with E-state index in [1.54, 1.807) is 36.1 Å². The number of fused-ring (bicyclic) bond motifs is 1. The summed E-state index contributed by atoms with van der Waals surface area (Å²) in [5.41, 5.74) is 1.52. The molecule has 2 aromatic carbocycles. The molecule has 0 radical (unpaired) electrons. The molecule has 0 aromatic heterocycles. The van der Waals surface area contributed by atoms with E-state index in [0.717, 1.165) is 11.3 Å². The third-order valence-electron chi connectivity index (χ3n) is 4.15. The van der Waals surface area contributed by atoms with Crippen LogP contribution in [0.15, 0.2) is 42.5 Å². The van der Waals surface area contributed by atoms with Crippen LogP contribution in [0.1, 0.15) is 25.0 Å². The van der Waals surface area contributed by atoms with Crippen LogP contribution in [0.2, 0.25) is 0 Å². The second-order valence-electron chi connectivity index (χ2n) is 5.94. The molecule has 1 amide bonds. The summed E-state index contributed by atoms with van der Waals surface area (Å²) >= 11 is 0. The minimum Gasteiger partial charge on any atom is -0.481 e. The van der Waals surface area contributed by atoms with Gasteiger partial charge in [0.1, 0.15) is 5.75 Å². The average molecular weight is 352 g/mol. The van der Waals surface area contributed by atoms with E-state index in [4.69, 9.17) is 19.5 Å². The van der Waals surface area contributed by atoms with Crippen LogP contribution in [0, 0.1) is 11.3 Å². The molecule has 0 saturated carbocycles. The van der Waals surface area contributed by atoms with E-state index in [2.05, 4.69) is 6.07 Å². The van der Waals surface area contributed by atoms with Crippen molar-refractivity contribution in [3.63, 3.8) is 0 Å². The van der Waals surface area contributed by atoms with Crippen molar-refractivity contribution in [2.24, 2.45) is 0 Å². The summed E-state index contributed by atoms with van der Waals surface area (Å²) in [5.74, 6) is 1.88. The fraction of sp³-hybridized carbons (Fsp3) is 0.300. The molecule has 0 aliphatic carbocycles. The van der Waals surface area contributed by atoms with Gasteiger partial charge in [-0.25, -0.2) is 0 Å². The summed E-state index contributed by atoms with van der Waals surface area (Å²) in [5, 5.41) is 8.83. The van der Waals surface area contributed by atoms with Gasteiger partial charge in [0.15, 0.2) is 17.6 Å². The lowest BCUT2D eigenvalue weighted by Crippen LogP contribution is -2.39. The van der Waals surface area contributed by atoms with Crippen LogP contribution in [0.3, 0.4) is 0 Å². The van der Waals surface area contributed by atoms with Crippen LogP contribution in [-0.4, -0.2) is 30.2 Å². The lowest BCUT2D eigenvalue weighted by molar-refractivity contribution is -0.138. The van der Waals surface area contributed by atoms with E-state index in [1.165, 1.54) is 0 Å². The number of ether oxygens (including phenoxy) is 3. The van der Waals surface area contributed by atoms with Crippen molar-refractivity contribution in [3.05, 3.63) is 53.6 Å². The highest BCUT2D eigenvalue weighted by atomic mass is 16.7. The summed E-state index contributed by atoms with van der Waals surface area (Å²) in [6, 6.07) is 14.4. The zero-order valence-electron chi connectivity index (χ0n) is 14.8. The first-order chi connectivity index (χ1) is 12.6. The van der Waals surface area contributed by atoms with E-state index in [9.17, 15) is 4.79 Å². The first kappa shape index (κ1) is 17.6. The Bertz CT molecular complexity index is 827. The summed E-state index contributed by atoms with van der Waals surface area (Å²) in [6.07, 6.45) is -0.628. The number of hydrogen-bond donors (Lipinski definition) is 0. The van der Waals surface area contributed by atoms with E-state index in [0.29, 0.717) is 30.2 Å². The van der Waals surface area contributed by atoms with Gasteiger partial charge in [-0.3, -0.25) is 4.79 Å². The predicted molar refractivity (Wildman–Crippen MR) is 94.9 cm³/mol. The van der Waals surface area contributed by atoms with Crippen LogP contribution in [0.4, 0.5) is 0 Å². The van der Waals surface area contributed by atoms with Crippen molar-refractivity contribution in [3.8, 4) is 23.3 Å². The highest BCUT2D eigenvalue weighted by Gasteiger charge is 2.22. The summed E-state index contributed by atoms with van der Waals surface area (Å²) in [4.78, 5) is 14.5. The molecule has 6 nitrogen and oxygen atoms in total. The molecule has 1 aliphatic rings. The first-order valence-corrected chi connectivity index (χ1v) is 8.45. The Hall–Kier alpha value is -3.20. The molecule has 1 atom stereocenters. The van der Waals surface area contributed by atoms with Crippen LogP contribution in [0.25, 0.3) is 0 Å². The molecule has 6 heteroatoms. The summed E-state index contributed by atoms with van der Waals surface area (Å²) in [7, 11) is 0. The maximum atomic E-state index is 12.7. The van der Waals surface area contributed by atoms with Gasteiger partial charge in [-0.1, -0.05) is 6.07 Å². The van der Waals surface area contributed by atoms with Gasteiger partial charge < -0.3 is 19.1 Å². The lowest BCUT2D eigenvalue weighted by Gasteiger charge is -2.25. The minimum atomic E-state index is -0.628. The third kappa shape index (κ3) is 3.89. The Kier molecular flexibility index (Phi) is 5.28. The van der Waals surface area contributed by atoms with Crippen molar-refractivity contribution >= 4 is 5.91 Å². The highest BCUT2D eigenvalue weighted by molar-refractivity contribution is 5.81. The van der Waals surface area contributed by atoms with Gasteiger partial charge in [-0.05, 0) is 55.8 Å². The molecule has 1 heterocycles. The van der Waals surface area contributed by atoms with Crippen molar-refractivity contribution in [1.82, 2.24) is 4.90 Å². The Labute approximate surface area is 152 Å². The normalized spacial score (nSPS) is 13.0. The van der Waals surface area contributed by atoms with Gasteiger partial charge in [0, 0.05) is 13.1 Å². The Morgan fingerprint density at radius 1 is 1.23 bits per heavy atom. The number of nitrogens with zero attached hydrogens (tertiary/aromatic N) is 2. The average Bonchev–Trinajstić information content (AvgIpc) is 3.14. The van der Waals surface area contributed by atoms with Crippen molar-refractivity contribution in [2.45, 2.75) is 26.5 Å². The molecule has 3 rings (SSSR count). The van der Waals surface area contributed by atoms with Gasteiger partial charge in [-0.2, -0.15) is 5.26 Å². The Morgan fingerprint density at radius 3 is 2.65 bits per heavy atom. The van der Waals surface area contributed by atoms with E-state index in [-0.39, 0.29) is 12.7 Å². The molecular formula is C20H20N2O4. The van der Waals surface area contributed by atoms with Crippen molar-refractivity contribution in [1.29, 1.82) is 5.26 Å². The van der Waals surface area contributed by atoms with E-state index < -0.39 is 6.10 Å². The number of carbonyl (C=O) groups excluding carboxylic acids is 1. The fourth-order valence-corrected chi connectivity index (χ4v) is 2.72. The summed E-state index contributed by atoms with van der Waals surface area (Å²) in [6.45, 7) is 4.91. The van der Waals surface area contributed by atoms with E-state index >= 15 is 0 Å². The number of nitriles is 1. The predicted octanol–water partition coefficient (Wildman–Crippen LogP) is 3.10. The minimum absolute atomic E-state index is 0.102. The highest BCUT2D eigenvalue weighted by Crippen LogP contribution is 2.32. The number of hydrogen-bond acceptors (Lipinski definition) is 5. The number of benzene rings is 2. The Morgan fingerprint density at radius 2 is 1.96 bits per heavy atom. The molecule has 0 spiro atoms. The maximum Gasteiger partial charge on any atom is 0.263 e. The number of likely N-dealkylation sites (N-methyl/N-ethyl adjacent to an activating group) is 1. The second kappa shape index (κ2) is 7.79. The molecule has 26 heavy (non-hydrogen) atoms. The molecule has 1 aliphatic heterocycles. The molecule has 0 saturated heterocycles. The molecule has 0 bridgehead atoms. The number of amides is 1. The van der Waals surface area contributed by atoms with Gasteiger partial charge in [0.25, 0.3) is 5.91 Å². The smallest absolute Gasteiger partial charge is 0.263 e. The number of carbonyl (C=O) groups is 1. The maximum absolute atomic E-state index is 12.7. The first-order valence-electron chi connectivity index (χ1n) is 8.45. The van der Waals surface area contributed by atoms with Crippen molar-refractivity contribution < 1.29 is 19.0 Å². The summed E-state index contributed by atoms with van der Waals surface area (Å²) < 4.78 is 16.4. The van der Waals surface area contributed by atoms with Crippen LogP contribution >= 0.6 is 0 Å². The van der Waals surface area contributed by atoms with Gasteiger partial charge in [0.2, 0.25) is 6.79 Å². The zero-order valence-corrected chi connectivity index (χ0v) is 14.8. The molecule has 1 unspecified atom stereocenters. The zero-order chi connectivity index (χ0) is 18.5. The largest absolute Gasteiger partial charge is 0.481 e. The van der Waals surface area contributed by atoms with Crippen LogP contribution < -0.4 is 14.2 Å². The molecule has 0 N–H and O–H groups in total. The third-order valence-corrected chi connectivity index (χ3v) is 4.15. The standard InChI is InChI=1S/C20H20N2O4/c1-3-22(12-16-6-9-18-19(10-16)25-13-24-18)20(23)14(2)26-17-7-4-15(11-21)5-8-17/h4-10,14H,3,12-13H2,1-2H3. The van der Waals surface area contributed by atoms with Gasteiger partial charge in [-0.15, -0.1) is 0 Å². The van der Waals surface area contributed by atoms with Crippen molar-refractivity contribution in [2.75, 3.05) is 13.3 Å². The van der Waals surface area contributed by atoms with E-state index in [1.807, 2.05) is 25.1 Å². The molecule has 134 valence electrons. The number of rotatable bonds is 6.